The van der Waals surface area contributed by atoms with Crippen LogP contribution in [0.3, 0.4) is 0 Å². The Morgan fingerprint density at radius 2 is 2.15 bits per heavy atom. The van der Waals surface area contributed by atoms with Gasteiger partial charge in [-0.05, 0) is 43.6 Å². The predicted octanol–water partition coefficient (Wildman–Crippen LogP) is 2.86. The number of hydrogen-bond acceptors (Lipinski definition) is 4. The van der Waals surface area contributed by atoms with Crippen LogP contribution in [-0.4, -0.2) is 56.7 Å². The van der Waals surface area contributed by atoms with Gasteiger partial charge in [0, 0.05) is 32.1 Å². The lowest BCUT2D eigenvalue weighted by Crippen LogP contribution is -2.40. The summed E-state index contributed by atoms with van der Waals surface area (Å²) in [6, 6.07) is 4.13. The van der Waals surface area contributed by atoms with Crippen LogP contribution in [0, 0.1) is 5.92 Å². The largest absolute Gasteiger partial charge is 0.378 e. The Hall–Kier alpha value is -1.60. The smallest absolute Gasteiger partial charge is 0.243 e. The molecule has 1 aromatic heterocycles. The van der Waals surface area contributed by atoms with E-state index in [1.807, 2.05) is 6.07 Å². The Bertz CT molecular complexity index is 569. The van der Waals surface area contributed by atoms with Crippen molar-refractivity contribution in [3.63, 3.8) is 0 Å². The zero-order valence-electron chi connectivity index (χ0n) is 16.9. The number of carbonyl (C=O) groups is 1. The third-order valence-corrected chi connectivity index (χ3v) is 5.79. The summed E-state index contributed by atoms with van der Waals surface area (Å²) in [5.41, 5.74) is 0. The molecule has 0 radical (unpaired) electrons. The minimum absolute atomic E-state index is 0.00891. The third-order valence-electron chi connectivity index (χ3n) is 4.91. The highest BCUT2D eigenvalue weighted by Gasteiger charge is 2.25. The highest BCUT2D eigenvalue weighted by Crippen LogP contribution is 2.30. The van der Waals surface area contributed by atoms with Crippen molar-refractivity contribution in [2.24, 2.45) is 10.9 Å². The van der Waals surface area contributed by atoms with Crippen LogP contribution in [0.15, 0.2) is 22.5 Å². The number of ether oxygens (including phenoxy) is 1. The van der Waals surface area contributed by atoms with Gasteiger partial charge in [-0.3, -0.25) is 4.79 Å². The first-order valence-corrected chi connectivity index (χ1v) is 10.8. The van der Waals surface area contributed by atoms with E-state index in [0.29, 0.717) is 24.5 Å². The van der Waals surface area contributed by atoms with Gasteiger partial charge in [0.15, 0.2) is 5.96 Å². The molecule has 2 rings (SSSR count). The van der Waals surface area contributed by atoms with Gasteiger partial charge in [0.05, 0.1) is 12.6 Å². The van der Waals surface area contributed by atoms with Crippen LogP contribution in [0.5, 0.6) is 0 Å². The van der Waals surface area contributed by atoms with E-state index in [0.717, 1.165) is 19.6 Å². The number of aliphatic imine (C=N–C) groups is 1. The fraction of sp³-hybridized carbons (Fsp3) is 0.700. The summed E-state index contributed by atoms with van der Waals surface area (Å²) in [5.74, 6) is 1.35. The van der Waals surface area contributed by atoms with E-state index in [-0.39, 0.29) is 12.5 Å². The molecule has 1 unspecified atom stereocenters. The second-order valence-corrected chi connectivity index (χ2v) is 8.17. The zero-order chi connectivity index (χ0) is 19.5. The van der Waals surface area contributed by atoms with Crippen molar-refractivity contribution in [3.05, 3.63) is 22.4 Å². The molecule has 2 N–H and O–H groups in total. The molecule has 1 aliphatic carbocycles. The van der Waals surface area contributed by atoms with Crippen molar-refractivity contribution in [3.8, 4) is 0 Å². The first kappa shape index (κ1) is 21.7. The molecule has 1 atom stereocenters. The molecule has 0 aromatic carbocycles. The summed E-state index contributed by atoms with van der Waals surface area (Å²) in [6.07, 6.45) is 6.47. The lowest BCUT2D eigenvalue weighted by molar-refractivity contribution is -0.127. The van der Waals surface area contributed by atoms with Gasteiger partial charge in [-0.2, -0.15) is 0 Å². The van der Waals surface area contributed by atoms with Crippen LogP contribution in [0.2, 0.25) is 0 Å². The van der Waals surface area contributed by atoms with Crippen molar-refractivity contribution in [2.45, 2.75) is 51.7 Å². The van der Waals surface area contributed by atoms with Crippen molar-refractivity contribution in [1.82, 2.24) is 15.5 Å². The maximum Gasteiger partial charge on any atom is 0.243 e. The molecule has 1 aromatic rings. The predicted molar refractivity (Wildman–Crippen MR) is 112 cm³/mol. The number of hydrogen-bond donors (Lipinski definition) is 2. The van der Waals surface area contributed by atoms with E-state index in [9.17, 15) is 4.79 Å². The maximum absolute atomic E-state index is 11.9. The number of amides is 1. The summed E-state index contributed by atoms with van der Waals surface area (Å²) in [7, 11) is 3.50. The Balaban J connectivity index is 1.86. The minimum Gasteiger partial charge on any atom is -0.378 e. The lowest BCUT2D eigenvalue weighted by Gasteiger charge is -2.24. The second-order valence-electron chi connectivity index (χ2n) is 7.14. The first-order valence-electron chi connectivity index (χ1n) is 9.96. The van der Waals surface area contributed by atoms with E-state index < -0.39 is 0 Å². The molecular weight excluding hydrogens is 360 g/mol. The van der Waals surface area contributed by atoms with E-state index in [1.54, 1.807) is 30.3 Å². The fourth-order valence-corrected chi connectivity index (χ4v) is 4.02. The molecule has 1 fully saturated rings. The van der Waals surface area contributed by atoms with Gasteiger partial charge < -0.3 is 20.3 Å². The second kappa shape index (κ2) is 12.0. The summed E-state index contributed by atoms with van der Waals surface area (Å²) in [5, 5.41) is 8.77. The molecule has 6 nitrogen and oxygen atoms in total. The van der Waals surface area contributed by atoms with Gasteiger partial charge in [0.25, 0.3) is 0 Å². The molecule has 1 amide bonds. The normalized spacial score (nSPS) is 16.3. The van der Waals surface area contributed by atoms with Gasteiger partial charge in [-0.1, -0.05) is 18.9 Å². The van der Waals surface area contributed by atoms with Crippen LogP contribution in [0.1, 0.15) is 43.9 Å². The number of thiophene rings is 1. The summed E-state index contributed by atoms with van der Waals surface area (Å²) >= 11 is 1.71. The lowest BCUT2D eigenvalue weighted by atomic mass is 9.98. The van der Waals surface area contributed by atoms with Gasteiger partial charge >= 0.3 is 0 Å². The highest BCUT2D eigenvalue weighted by atomic mass is 32.1. The van der Waals surface area contributed by atoms with Crippen LogP contribution in [-0.2, 0) is 16.1 Å². The standard InChI is InChI=1S/C20H34N4O2S/c1-4-26-18(16-8-5-6-9-16)11-12-21-20(23-15-19(25)24(2)3)22-14-17-10-7-13-27-17/h7,10,13,16,18H,4-6,8-9,11-12,14-15H2,1-3H3,(H2,21,22,23). The van der Waals surface area contributed by atoms with E-state index >= 15 is 0 Å². The monoisotopic (exact) mass is 394 g/mol. The van der Waals surface area contributed by atoms with Gasteiger partial charge in [0.2, 0.25) is 5.91 Å². The Kier molecular flexibility index (Phi) is 9.62. The molecule has 1 aliphatic rings. The van der Waals surface area contributed by atoms with E-state index in [4.69, 9.17) is 4.74 Å². The molecule has 1 saturated carbocycles. The number of guanidine groups is 1. The van der Waals surface area contributed by atoms with Crippen LogP contribution in [0.4, 0.5) is 0 Å². The molecule has 0 aliphatic heterocycles. The maximum atomic E-state index is 11.9. The molecular formula is C20H34N4O2S. The van der Waals surface area contributed by atoms with Gasteiger partial charge in [0.1, 0.15) is 6.54 Å². The Morgan fingerprint density at radius 1 is 1.37 bits per heavy atom. The van der Waals surface area contributed by atoms with Crippen LogP contribution < -0.4 is 10.6 Å². The Labute approximate surface area is 167 Å². The summed E-state index contributed by atoms with van der Waals surface area (Å²) in [4.78, 5) is 19.1. The number of nitrogens with zero attached hydrogens (tertiary/aromatic N) is 2. The quantitative estimate of drug-likeness (QED) is 0.473. The molecule has 1 heterocycles. The van der Waals surface area contributed by atoms with Crippen molar-refractivity contribution < 1.29 is 9.53 Å². The highest BCUT2D eigenvalue weighted by molar-refractivity contribution is 7.09. The minimum atomic E-state index is -0.00891. The van der Waals surface area contributed by atoms with Crippen molar-refractivity contribution >= 4 is 23.2 Å². The number of likely N-dealkylation sites (N-methyl/N-ethyl adjacent to an activating group) is 1. The topological polar surface area (TPSA) is 66.0 Å². The third kappa shape index (κ3) is 7.89. The van der Waals surface area contributed by atoms with Crippen LogP contribution >= 0.6 is 11.3 Å². The average molecular weight is 395 g/mol. The van der Waals surface area contributed by atoms with Crippen molar-refractivity contribution in [2.75, 3.05) is 33.8 Å². The first-order chi connectivity index (χ1) is 13.1. The SMILES string of the molecule is CCOC(CCNC(=NCC(=O)N(C)C)NCc1cccs1)C1CCCC1. The van der Waals surface area contributed by atoms with Gasteiger partial charge in [-0.25, -0.2) is 4.99 Å². The fourth-order valence-electron chi connectivity index (χ4n) is 3.38. The van der Waals surface area contributed by atoms with Gasteiger partial charge in [-0.15, -0.1) is 11.3 Å². The molecule has 0 spiro atoms. The molecule has 7 heteroatoms. The van der Waals surface area contributed by atoms with E-state index in [1.165, 1.54) is 30.6 Å². The summed E-state index contributed by atoms with van der Waals surface area (Å²) < 4.78 is 6.00. The zero-order valence-corrected chi connectivity index (χ0v) is 17.7. The average Bonchev–Trinajstić information content (AvgIpc) is 3.36. The molecule has 0 bridgehead atoms. The molecule has 27 heavy (non-hydrogen) atoms. The van der Waals surface area contributed by atoms with E-state index in [2.05, 4.69) is 34.0 Å². The summed E-state index contributed by atoms with van der Waals surface area (Å²) in [6.45, 7) is 4.46. The van der Waals surface area contributed by atoms with Crippen molar-refractivity contribution in [1.29, 1.82) is 0 Å². The Morgan fingerprint density at radius 3 is 2.78 bits per heavy atom. The number of nitrogens with one attached hydrogen (secondary N) is 2. The van der Waals surface area contributed by atoms with Crippen LogP contribution in [0.25, 0.3) is 0 Å². The molecule has 0 saturated heterocycles. The number of rotatable bonds is 10. The number of carbonyl (C=O) groups excluding carboxylic acids is 1. The molecule has 152 valence electrons.